The highest BCUT2D eigenvalue weighted by atomic mass is 32.1. The molecule has 0 spiro atoms. The second kappa shape index (κ2) is 7.98. The number of alkyl halides is 3. The Labute approximate surface area is 160 Å². The fraction of sp³-hybridized carbons (Fsp3) is 0.474. The average Bonchev–Trinajstić information content (AvgIpc) is 3.20. The second-order valence-electron chi connectivity index (χ2n) is 6.73. The lowest BCUT2D eigenvalue weighted by atomic mass is 10.1. The number of likely N-dealkylation sites (tertiary alicyclic amines) is 1. The lowest BCUT2D eigenvalue weighted by Crippen LogP contribution is -2.28. The molecule has 1 atom stereocenters. The summed E-state index contributed by atoms with van der Waals surface area (Å²) in [6, 6.07) is 5.68. The standard InChI is InChI=1S/C19H22F3N3OS/c1-3-15-8-5-9-25(15)11-16-17(24-18(27-16)23-12(2)26)13-6-4-7-14(10-13)19(20,21)22/h4,6-7,10,15H,3,5,8-9,11H2,1-2H3,(H,23,24,26). The molecule has 2 aromatic rings. The van der Waals surface area contributed by atoms with E-state index in [1.165, 1.54) is 24.3 Å². The van der Waals surface area contributed by atoms with Crippen molar-refractivity contribution in [2.75, 3.05) is 11.9 Å². The Hall–Kier alpha value is -1.93. The van der Waals surface area contributed by atoms with E-state index in [2.05, 4.69) is 22.1 Å². The van der Waals surface area contributed by atoms with Crippen molar-refractivity contribution in [1.29, 1.82) is 0 Å². The molecule has 146 valence electrons. The predicted octanol–water partition coefficient (Wildman–Crippen LogP) is 5.16. The van der Waals surface area contributed by atoms with Crippen LogP contribution in [0.3, 0.4) is 0 Å². The van der Waals surface area contributed by atoms with Crippen LogP contribution in [0.2, 0.25) is 0 Å². The average molecular weight is 397 g/mol. The van der Waals surface area contributed by atoms with Gasteiger partial charge in [-0.1, -0.05) is 30.4 Å². The van der Waals surface area contributed by atoms with Crippen LogP contribution in [0.25, 0.3) is 11.3 Å². The van der Waals surface area contributed by atoms with Crippen LogP contribution in [0.4, 0.5) is 18.3 Å². The Bertz CT molecular complexity index is 819. The van der Waals surface area contributed by atoms with E-state index >= 15 is 0 Å². The Balaban J connectivity index is 1.98. The first kappa shape index (κ1) is 19.8. The molecular formula is C19H22F3N3OS. The second-order valence-corrected chi connectivity index (χ2v) is 7.81. The number of aromatic nitrogens is 1. The monoisotopic (exact) mass is 397 g/mol. The summed E-state index contributed by atoms with van der Waals surface area (Å²) in [6.07, 6.45) is -1.12. The van der Waals surface area contributed by atoms with Crippen LogP contribution in [0, 0.1) is 0 Å². The SMILES string of the molecule is CCC1CCCN1Cc1sc(NC(C)=O)nc1-c1cccc(C(F)(F)F)c1. The van der Waals surface area contributed by atoms with Crippen molar-refractivity contribution in [2.24, 2.45) is 0 Å². The third kappa shape index (κ3) is 4.68. The fourth-order valence-corrected chi connectivity index (χ4v) is 4.54. The van der Waals surface area contributed by atoms with Gasteiger partial charge in [-0.05, 0) is 37.9 Å². The minimum atomic E-state index is -4.41. The normalized spacial score (nSPS) is 18.0. The van der Waals surface area contributed by atoms with Crippen molar-refractivity contribution in [2.45, 2.75) is 51.9 Å². The number of amides is 1. The molecule has 8 heteroatoms. The van der Waals surface area contributed by atoms with E-state index in [4.69, 9.17) is 0 Å². The van der Waals surface area contributed by atoms with Crippen molar-refractivity contribution in [3.8, 4) is 11.3 Å². The molecule has 1 aliphatic rings. The van der Waals surface area contributed by atoms with Crippen molar-refractivity contribution in [3.63, 3.8) is 0 Å². The first-order chi connectivity index (χ1) is 12.8. The molecule has 3 rings (SSSR count). The summed E-state index contributed by atoms with van der Waals surface area (Å²) in [5.74, 6) is -0.251. The minimum Gasteiger partial charge on any atom is -0.302 e. The zero-order valence-electron chi connectivity index (χ0n) is 15.3. The molecule has 1 unspecified atom stereocenters. The van der Waals surface area contributed by atoms with E-state index in [0.29, 0.717) is 29.0 Å². The first-order valence-electron chi connectivity index (χ1n) is 8.97. The highest BCUT2D eigenvalue weighted by Crippen LogP contribution is 2.37. The van der Waals surface area contributed by atoms with E-state index in [1.807, 2.05) is 0 Å². The lowest BCUT2D eigenvalue weighted by molar-refractivity contribution is -0.137. The largest absolute Gasteiger partial charge is 0.416 e. The molecule has 1 amide bonds. The number of halogens is 3. The van der Waals surface area contributed by atoms with Crippen LogP contribution in [0.1, 0.15) is 43.6 Å². The molecule has 0 aliphatic carbocycles. The number of thiazole rings is 1. The van der Waals surface area contributed by atoms with Crippen LogP contribution in [0.5, 0.6) is 0 Å². The summed E-state index contributed by atoms with van der Waals surface area (Å²) in [5.41, 5.74) is 0.226. The molecule has 4 nitrogen and oxygen atoms in total. The fourth-order valence-electron chi connectivity index (χ4n) is 3.48. The minimum absolute atomic E-state index is 0.251. The summed E-state index contributed by atoms with van der Waals surface area (Å²) >= 11 is 1.33. The summed E-state index contributed by atoms with van der Waals surface area (Å²) < 4.78 is 39.3. The molecule has 1 aromatic heterocycles. The Morgan fingerprint density at radius 1 is 1.41 bits per heavy atom. The van der Waals surface area contributed by atoms with E-state index in [-0.39, 0.29) is 5.91 Å². The highest BCUT2D eigenvalue weighted by Gasteiger charge is 2.31. The van der Waals surface area contributed by atoms with Gasteiger partial charge in [0.05, 0.1) is 11.3 Å². The van der Waals surface area contributed by atoms with Gasteiger partial charge in [0.2, 0.25) is 5.91 Å². The van der Waals surface area contributed by atoms with Gasteiger partial charge >= 0.3 is 6.18 Å². The number of benzene rings is 1. The third-order valence-corrected chi connectivity index (χ3v) is 5.72. The summed E-state index contributed by atoms with van der Waals surface area (Å²) in [6.45, 7) is 5.12. The number of nitrogens with zero attached hydrogens (tertiary/aromatic N) is 2. The van der Waals surface area contributed by atoms with Gasteiger partial charge in [0.25, 0.3) is 0 Å². The molecule has 1 aliphatic heterocycles. The van der Waals surface area contributed by atoms with Crippen LogP contribution in [-0.4, -0.2) is 28.4 Å². The van der Waals surface area contributed by atoms with E-state index in [0.717, 1.165) is 42.8 Å². The van der Waals surface area contributed by atoms with Gasteiger partial charge in [0.15, 0.2) is 5.13 Å². The number of nitrogens with one attached hydrogen (secondary N) is 1. The smallest absolute Gasteiger partial charge is 0.302 e. The predicted molar refractivity (Wildman–Crippen MR) is 101 cm³/mol. The van der Waals surface area contributed by atoms with Gasteiger partial charge in [0, 0.05) is 30.0 Å². The number of rotatable bonds is 5. The maximum absolute atomic E-state index is 13.1. The highest BCUT2D eigenvalue weighted by molar-refractivity contribution is 7.16. The van der Waals surface area contributed by atoms with E-state index in [1.54, 1.807) is 6.07 Å². The molecule has 0 radical (unpaired) electrons. The quantitative estimate of drug-likeness (QED) is 0.758. The molecule has 0 bridgehead atoms. The molecule has 27 heavy (non-hydrogen) atoms. The van der Waals surface area contributed by atoms with Gasteiger partial charge in [-0.3, -0.25) is 9.69 Å². The number of hydrogen-bond donors (Lipinski definition) is 1. The molecule has 1 N–H and O–H groups in total. The Morgan fingerprint density at radius 3 is 2.85 bits per heavy atom. The Morgan fingerprint density at radius 2 is 2.19 bits per heavy atom. The van der Waals surface area contributed by atoms with E-state index < -0.39 is 11.7 Å². The zero-order chi connectivity index (χ0) is 19.6. The number of carbonyl (C=O) groups is 1. The van der Waals surface area contributed by atoms with Crippen LogP contribution in [-0.2, 0) is 17.5 Å². The van der Waals surface area contributed by atoms with Gasteiger partial charge in [-0.25, -0.2) is 4.98 Å². The van der Waals surface area contributed by atoms with E-state index in [9.17, 15) is 18.0 Å². The third-order valence-electron chi connectivity index (χ3n) is 4.76. The summed E-state index contributed by atoms with van der Waals surface area (Å²) in [7, 11) is 0. The van der Waals surface area contributed by atoms with Gasteiger partial charge in [-0.15, -0.1) is 0 Å². The lowest BCUT2D eigenvalue weighted by Gasteiger charge is -2.22. The number of hydrogen-bond acceptors (Lipinski definition) is 4. The maximum Gasteiger partial charge on any atom is 0.416 e. The molecule has 2 heterocycles. The van der Waals surface area contributed by atoms with Gasteiger partial charge in [-0.2, -0.15) is 13.2 Å². The Kier molecular flexibility index (Phi) is 5.86. The molecular weight excluding hydrogens is 375 g/mol. The van der Waals surface area contributed by atoms with Gasteiger partial charge in [0.1, 0.15) is 0 Å². The summed E-state index contributed by atoms with van der Waals surface area (Å²) in [5, 5.41) is 3.07. The molecule has 1 saturated heterocycles. The molecule has 1 fully saturated rings. The number of carbonyl (C=O) groups excluding carboxylic acids is 1. The van der Waals surface area contributed by atoms with Crippen molar-refractivity contribution in [1.82, 2.24) is 9.88 Å². The number of anilines is 1. The van der Waals surface area contributed by atoms with Crippen molar-refractivity contribution < 1.29 is 18.0 Å². The molecule has 1 aromatic carbocycles. The van der Waals surface area contributed by atoms with Crippen LogP contribution in [0.15, 0.2) is 24.3 Å². The van der Waals surface area contributed by atoms with Gasteiger partial charge < -0.3 is 5.32 Å². The zero-order valence-corrected chi connectivity index (χ0v) is 16.1. The first-order valence-corrected chi connectivity index (χ1v) is 9.78. The molecule has 0 saturated carbocycles. The van der Waals surface area contributed by atoms with Crippen molar-refractivity contribution >= 4 is 22.4 Å². The van der Waals surface area contributed by atoms with Crippen LogP contribution >= 0.6 is 11.3 Å². The maximum atomic E-state index is 13.1. The van der Waals surface area contributed by atoms with Crippen molar-refractivity contribution in [3.05, 3.63) is 34.7 Å². The topological polar surface area (TPSA) is 45.2 Å². The summed E-state index contributed by atoms with van der Waals surface area (Å²) in [4.78, 5) is 19.0. The van der Waals surface area contributed by atoms with Crippen LogP contribution < -0.4 is 5.32 Å².